The van der Waals surface area contributed by atoms with Gasteiger partial charge in [0.2, 0.25) is 5.91 Å². The van der Waals surface area contributed by atoms with Crippen LogP contribution in [0.15, 0.2) is 24.3 Å². The Bertz CT molecular complexity index is 463. The van der Waals surface area contributed by atoms with Gasteiger partial charge in [0.05, 0.1) is 5.92 Å². The summed E-state index contributed by atoms with van der Waals surface area (Å²) < 4.78 is 0. The molecule has 1 fully saturated rings. The van der Waals surface area contributed by atoms with E-state index in [1.54, 1.807) is 7.05 Å². The quantitative estimate of drug-likeness (QED) is 0.787. The van der Waals surface area contributed by atoms with Crippen LogP contribution in [-0.4, -0.2) is 26.0 Å². The van der Waals surface area contributed by atoms with Gasteiger partial charge < -0.3 is 10.6 Å². The molecule has 0 unspecified atom stereocenters. The molecular weight excluding hydrogens is 224 g/mol. The highest BCUT2D eigenvalue weighted by Gasteiger charge is 2.45. The third kappa shape index (κ3) is 1.65. The third-order valence-electron chi connectivity index (χ3n) is 4.63. The first-order chi connectivity index (χ1) is 8.77. The summed E-state index contributed by atoms with van der Waals surface area (Å²) in [6, 6.07) is 8.51. The molecule has 2 aliphatic rings. The molecule has 1 aromatic carbocycles. The first kappa shape index (κ1) is 11.7. The van der Waals surface area contributed by atoms with Crippen LogP contribution < -0.4 is 10.6 Å². The average Bonchev–Trinajstić information content (AvgIpc) is 2.74. The summed E-state index contributed by atoms with van der Waals surface area (Å²) in [4.78, 5) is 12.1. The fourth-order valence-corrected chi connectivity index (χ4v) is 3.68. The van der Waals surface area contributed by atoms with Gasteiger partial charge in [-0.25, -0.2) is 0 Å². The first-order valence-electron chi connectivity index (χ1n) is 6.78. The number of hydrogen-bond donors (Lipinski definition) is 2. The minimum atomic E-state index is 0.0456. The van der Waals surface area contributed by atoms with Crippen molar-refractivity contribution in [2.24, 2.45) is 0 Å². The summed E-state index contributed by atoms with van der Waals surface area (Å²) in [5.74, 6) is 0.210. The van der Waals surface area contributed by atoms with Gasteiger partial charge in [-0.15, -0.1) is 0 Å². The van der Waals surface area contributed by atoms with Crippen LogP contribution in [0.4, 0.5) is 0 Å². The van der Waals surface area contributed by atoms with Gasteiger partial charge >= 0.3 is 0 Å². The van der Waals surface area contributed by atoms with Gasteiger partial charge in [-0.05, 0) is 48.9 Å². The number of hydrogen-bond acceptors (Lipinski definition) is 2. The molecule has 1 heterocycles. The maximum Gasteiger partial charge on any atom is 0.227 e. The second-order valence-corrected chi connectivity index (χ2v) is 5.49. The summed E-state index contributed by atoms with van der Waals surface area (Å²) in [5.41, 5.74) is 2.90. The van der Waals surface area contributed by atoms with Crippen molar-refractivity contribution in [3.8, 4) is 0 Å². The van der Waals surface area contributed by atoms with Gasteiger partial charge in [-0.1, -0.05) is 24.3 Å². The van der Waals surface area contributed by atoms with Crippen molar-refractivity contribution < 1.29 is 4.79 Å². The Morgan fingerprint density at radius 3 is 2.78 bits per heavy atom. The summed E-state index contributed by atoms with van der Waals surface area (Å²) in [6.07, 6.45) is 3.28. The zero-order valence-corrected chi connectivity index (χ0v) is 10.8. The van der Waals surface area contributed by atoms with E-state index in [9.17, 15) is 4.79 Å². The number of amides is 1. The minimum absolute atomic E-state index is 0.0456. The summed E-state index contributed by atoms with van der Waals surface area (Å²) in [7, 11) is 1.73. The molecule has 1 amide bonds. The van der Waals surface area contributed by atoms with Crippen LogP contribution in [0.1, 0.15) is 36.3 Å². The van der Waals surface area contributed by atoms with Crippen LogP contribution in [0.2, 0.25) is 0 Å². The molecule has 2 N–H and O–H groups in total. The number of carbonyl (C=O) groups is 1. The van der Waals surface area contributed by atoms with Crippen molar-refractivity contribution in [1.29, 1.82) is 0 Å². The van der Waals surface area contributed by atoms with Gasteiger partial charge in [0.25, 0.3) is 0 Å². The largest absolute Gasteiger partial charge is 0.359 e. The fourth-order valence-electron chi connectivity index (χ4n) is 3.68. The third-order valence-corrected chi connectivity index (χ3v) is 4.63. The van der Waals surface area contributed by atoms with E-state index >= 15 is 0 Å². The maximum absolute atomic E-state index is 12.1. The Morgan fingerprint density at radius 2 is 2.06 bits per heavy atom. The van der Waals surface area contributed by atoms with Crippen molar-refractivity contribution in [2.45, 2.75) is 30.6 Å². The lowest BCUT2D eigenvalue weighted by Gasteiger charge is -2.35. The lowest BCUT2D eigenvalue weighted by Crippen LogP contribution is -2.39. The zero-order valence-electron chi connectivity index (χ0n) is 10.8. The zero-order chi connectivity index (χ0) is 12.6. The second-order valence-electron chi connectivity index (χ2n) is 5.49. The van der Waals surface area contributed by atoms with E-state index in [2.05, 4.69) is 34.9 Å². The van der Waals surface area contributed by atoms with Gasteiger partial charge in [0.15, 0.2) is 0 Å². The molecule has 1 aromatic rings. The summed E-state index contributed by atoms with van der Waals surface area (Å²) >= 11 is 0. The highest BCUT2D eigenvalue weighted by molar-refractivity contribution is 5.85. The molecule has 3 heteroatoms. The van der Waals surface area contributed by atoms with Crippen LogP contribution in [0.5, 0.6) is 0 Å². The Balaban J connectivity index is 2.03. The van der Waals surface area contributed by atoms with Crippen molar-refractivity contribution in [3.63, 3.8) is 0 Å². The minimum Gasteiger partial charge on any atom is -0.359 e. The normalized spacial score (nSPS) is 24.8. The SMILES string of the molecule is CNC(=O)[C@@H]1CC2(CCNCC2)c2ccccc21. The van der Waals surface area contributed by atoms with Gasteiger partial charge in [-0.3, -0.25) is 4.79 Å². The Kier molecular flexibility index (Phi) is 2.86. The number of fused-ring (bicyclic) bond motifs is 2. The van der Waals surface area contributed by atoms with E-state index in [0.29, 0.717) is 0 Å². The lowest BCUT2D eigenvalue weighted by atomic mass is 9.74. The predicted molar refractivity (Wildman–Crippen MR) is 71.6 cm³/mol. The fraction of sp³-hybridized carbons (Fsp3) is 0.533. The van der Waals surface area contributed by atoms with Crippen LogP contribution in [0, 0.1) is 0 Å². The van der Waals surface area contributed by atoms with Crippen LogP contribution in [0.25, 0.3) is 0 Å². The highest BCUT2D eigenvalue weighted by Crippen LogP contribution is 2.50. The average molecular weight is 244 g/mol. The molecule has 1 saturated heterocycles. The van der Waals surface area contributed by atoms with Crippen LogP contribution >= 0.6 is 0 Å². The lowest BCUT2D eigenvalue weighted by molar-refractivity contribution is -0.122. The molecule has 3 rings (SSSR count). The molecular formula is C15H20N2O. The van der Waals surface area contributed by atoms with E-state index in [1.165, 1.54) is 11.1 Å². The Labute approximate surface area is 108 Å². The number of carbonyl (C=O) groups excluding carboxylic acids is 1. The van der Waals surface area contributed by atoms with E-state index in [-0.39, 0.29) is 17.2 Å². The number of nitrogens with one attached hydrogen (secondary N) is 2. The van der Waals surface area contributed by atoms with E-state index in [1.807, 2.05) is 0 Å². The first-order valence-corrected chi connectivity index (χ1v) is 6.78. The Hall–Kier alpha value is -1.35. The number of piperidine rings is 1. The smallest absolute Gasteiger partial charge is 0.227 e. The second kappa shape index (κ2) is 4.39. The standard InChI is InChI=1S/C15H20N2O/c1-16-14(18)12-10-15(6-8-17-9-7-15)13-5-3-2-4-11(12)13/h2-5,12,17H,6-10H2,1H3,(H,16,18)/t12-/m1/s1. The summed E-state index contributed by atoms with van der Waals surface area (Å²) in [5, 5.41) is 6.24. The molecule has 0 bridgehead atoms. The molecule has 18 heavy (non-hydrogen) atoms. The molecule has 96 valence electrons. The van der Waals surface area contributed by atoms with E-state index in [0.717, 1.165) is 32.4 Å². The molecule has 0 radical (unpaired) electrons. The van der Waals surface area contributed by atoms with Crippen molar-refractivity contribution >= 4 is 5.91 Å². The van der Waals surface area contributed by atoms with Crippen molar-refractivity contribution in [2.75, 3.05) is 20.1 Å². The Morgan fingerprint density at radius 1 is 1.33 bits per heavy atom. The van der Waals surface area contributed by atoms with Gasteiger partial charge in [0, 0.05) is 7.05 Å². The molecule has 1 atom stereocenters. The topological polar surface area (TPSA) is 41.1 Å². The van der Waals surface area contributed by atoms with Crippen LogP contribution in [-0.2, 0) is 10.2 Å². The summed E-state index contributed by atoms with van der Waals surface area (Å²) in [6.45, 7) is 2.13. The molecule has 0 saturated carbocycles. The molecule has 1 aliphatic carbocycles. The monoisotopic (exact) mass is 244 g/mol. The van der Waals surface area contributed by atoms with Crippen molar-refractivity contribution in [1.82, 2.24) is 10.6 Å². The van der Waals surface area contributed by atoms with Crippen molar-refractivity contribution in [3.05, 3.63) is 35.4 Å². The predicted octanol–water partition coefficient (Wildman–Crippen LogP) is 1.54. The number of benzene rings is 1. The molecule has 1 spiro atoms. The number of likely N-dealkylation sites (N-methyl/N-ethyl adjacent to an activating group) is 1. The highest BCUT2D eigenvalue weighted by atomic mass is 16.1. The van der Waals surface area contributed by atoms with E-state index < -0.39 is 0 Å². The molecule has 3 nitrogen and oxygen atoms in total. The van der Waals surface area contributed by atoms with E-state index in [4.69, 9.17) is 0 Å². The van der Waals surface area contributed by atoms with Gasteiger partial charge in [0.1, 0.15) is 0 Å². The number of rotatable bonds is 1. The molecule has 1 aliphatic heterocycles. The van der Waals surface area contributed by atoms with Crippen LogP contribution in [0.3, 0.4) is 0 Å². The molecule has 0 aromatic heterocycles. The maximum atomic E-state index is 12.1. The van der Waals surface area contributed by atoms with Gasteiger partial charge in [-0.2, -0.15) is 0 Å².